The number of fused-ring (bicyclic) bond motifs is 6. The van der Waals surface area contributed by atoms with E-state index in [-0.39, 0.29) is 30.7 Å². The summed E-state index contributed by atoms with van der Waals surface area (Å²) in [6.45, 7) is 7.51. The van der Waals surface area contributed by atoms with E-state index in [1.165, 1.54) is 12.1 Å². The molecule has 4 aromatic heterocycles. The predicted molar refractivity (Wildman–Crippen MR) is 161 cm³/mol. The van der Waals surface area contributed by atoms with Crippen LogP contribution < -0.4 is 0 Å². The van der Waals surface area contributed by atoms with Crippen LogP contribution in [0.15, 0.2) is 103 Å². The fraction of sp³-hybridized carbons (Fsp3) is 0.0811. The van der Waals surface area contributed by atoms with Gasteiger partial charge in [0, 0.05) is 29.7 Å². The first-order chi connectivity index (χ1) is 22.0. The largest absolute Gasteiger partial charge is 2.00 e. The van der Waals surface area contributed by atoms with E-state index >= 15 is 0 Å². The Kier molecular flexibility index (Phi) is 8.53. The second kappa shape index (κ2) is 12.9. The molecule has 220 valence electrons. The second-order valence-corrected chi connectivity index (χ2v) is 10.5. The number of nitrogens with zero attached hydrogens (tertiary/aromatic N) is 6. The van der Waals surface area contributed by atoms with Gasteiger partial charge in [-0.1, -0.05) is 24.3 Å². The summed E-state index contributed by atoms with van der Waals surface area (Å²) in [5, 5.41) is 9.63. The molecule has 0 saturated heterocycles. The molecule has 0 amide bonds. The van der Waals surface area contributed by atoms with Crippen molar-refractivity contribution in [3.63, 3.8) is 0 Å². The van der Waals surface area contributed by atoms with Crippen molar-refractivity contribution in [3.8, 4) is 6.07 Å². The number of hydrogen-bond donors (Lipinski definition) is 0. The Balaban J connectivity index is 0.00000372. The van der Waals surface area contributed by atoms with Gasteiger partial charge in [0.1, 0.15) is 5.69 Å². The van der Waals surface area contributed by atoms with Crippen LogP contribution in [0.3, 0.4) is 0 Å². The topological polar surface area (TPSA) is 79.7 Å². The molecule has 0 saturated carbocycles. The van der Waals surface area contributed by atoms with Crippen molar-refractivity contribution in [1.82, 2.24) is 19.9 Å². The molecule has 3 atom stereocenters. The van der Waals surface area contributed by atoms with Gasteiger partial charge in [-0.15, -0.1) is 17.7 Å². The van der Waals surface area contributed by atoms with Gasteiger partial charge >= 0.3 is 19.5 Å². The maximum atomic E-state index is 14.5. The van der Waals surface area contributed by atoms with Crippen LogP contribution in [-0.2, 0) is 19.5 Å². The smallest absolute Gasteiger partial charge is 0.297 e. The Morgan fingerprint density at radius 3 is 1.61 bits per heavy atom. The molecule has 0 N–H and O–H groups in total. The van der Waals surface area contributed by atoms with E-state index in [0.29, 0.717) is 45.3 Å². The summed E-state index contributed by atoms with van der Waals surface area (Å²) in [4.78, 5) is 23.4. The summed E-state index contributed by atoms with van der Waals surface area (Å²) < 4.78 is 28.9. The van der Waals surface area contributed by atoms with Gasteiger partial charge in [-0.3, -0.25) is 33.6 Å². The molecule has 7 rings (SSSR count). The van der Waals surface area contributed by atoms with Gasteiger partial charge in [-0.2, -0.15) is 35.1 Å². The van der Waals surface area contributed by atoms with Crippen molar-refractivity contribution < 1.29 is 28.3 Å². The Morgan fingerprint density at radius 1 is 0.652 bits per heavy atom. The molecule has 6 bridgehead atoms. The second-order valence-electron chi connectivity index (χ2n) is 10.5. The Hall–Kier alpha value is -5.50. The van der Waals surface area contributed by atoms with Crippen molar-refractivity contribution in [2.24, 2.45) is 0 Å². The van der Waals surface area contributed by atoms with Crippen LogP contribution in [0.2, 0.25) is 0 Å². The third-order valence-corrected chi connectivity index (χ3v) is 7.82. The minimum absolute atomic E-state index is 0. The summed E-state index contributed by atoms with van der Waals surface area (Å²) in [6.07, 6.45) is 1.72. The van der Waals surface area contributed by atoms with Crippen molar-refractivity contribution in [3.05, 3.63) is 195 Å². The number of nitriles is 1. The van der Waals surface area contributed by atoms with Crippen LogP contribution in [0, 0.1) is 41.7 Å². The van der Waals surface area contributed by atoms with E-state index in [4.69, 9.17) is 21.5 Å². The van der Waals surface area contributed by atoms with Crippen LogP contribution in [0.25, 0.3) is 4.85 Å². The molecule has 0 radical (unpaired) electrons. The number of pyridine rings is 4. The molecular formula is C37H20F2N6Ru. The average molecular weight is 688 g/mol. The van der Waals surface area contributed by atoms with Gasteiger partial charge in [0.05, 0.1) is 58.4 Å². The van der Waals surface area contributed by atoms with E-state index in [1.807, 2.05) is 78.9 Å². The molecule has 0 spiro atoms. The molecule has 6 nitrogen and oxygen atoms in total. The van der Waals surface area contributed by atoms with E-state index in [1.54, 1.807) is 6.20 Å². The number of benzene rings is 2. The van der Waals surface area contributed by atoms with Gasteiger partial charge in [0.2, 0.25) is 0 Å². The van der Waals surface area contributed by atoms with Crippen LogP contribution >= 0.6 is 0 Å². The van der Waals surface area contributed by atoms with E-state index in [2.05, 4.69) is 22.0 Å². The minimum atomic E-state index is -0.667. The van der Waals surface area contributed by atoms with Crippen molar-refractivity contribution in [1.29, 1.82) is 5.26 Å². The zero-order valence-corrected chi connectivity index (χ0v) is 25.6. The third kappa shape index (κ3) is 5.58. The van der Waals surface area contributed by atoms with E-state index < -0.39 is 29.4 Å². The molecule has 6 aromatic rings. The van der Waals surface area contributed by atoms with Gasteiger partial charge in [-0.25, -0.2) is 0 Å². The minimum Gasteiger partial charge on any atom is -0.297 e. The maximum absolute atomic E-state index is 14.5. The third-order valence-electron chi connectivity index (χ3n) is 7.82. The molecule has 0 aliphatic carbocycles. The SMILES string of the molecule is [C-]#[N+]c1cc(C2c3cccc(n3)C(c3[c-]cc(F)c(C#N)c3)c3cccc(n3)C(c3ccccn3)c3cccc2n3)[c-]cc1F.[Ru+2]. The summed E-state index contributed by atoms with van der Waals surface area (Å²) in [7, 11) is 0. The summed E-state index contributed by atoms with van der Waals surface area (Å²) in [5.74, 6) is -3.02. The summed E-state index contributed by atoms with van der Waals surface area (Å²) in [5.41, 5.74) is 5.28. The maximum Gasteiger partial charge on any atom is 2.00 e. The predicted octanol–water partition coefficient (Wildman–Crippen LogP) is 7.42. The summed E-state index contributed by atoms with van der Waals surface area (Å²) in [6, 6.07) is 35.8. The molecule has 1 aliphatic rings. The monoisotopic (exact) mass is 688 g/mol. The average Bonchev–Trinajstić information content (AvgIpc) is 3.07. The molecule has 0 fully saturated rings. The molecule has 3 unspecified atom stereocenters. The first-order valence-electron chi connectivity index (χ1n) is 14.1. The van der Waals surface area contributed by atoms with Crippen LogP contribution in [-0.4, -0.2) is 19.9 Å². The fourth-order valence-electron chi connectivity index (χ4n) is 5.79. The Morgan fingerprint density at radius 2 is 1.13 bits per heavy atom. The Labute approximate surface area is 277 Å². The molecule has 1 aliphatic heterocycles. The van der Waals surface area contributed by atoms with Crippen molar-refractivity contribution in [2.45, 2.75) is 17.8 Å². The first kappa shape index (κ1) is 30.5. The van der Waals surface area contributed by atoms with Crippen LogP contribution in [0.1, 0.15) is 74.3 Å². The fourth-order valence-corrected chi connectivity index (χ4v) is 5.79. The normalized spacial score (nSPS) is 16.5. The molecular weight excluding hydrogens is 668 g/mol. The van der Waals surface area contributed by atoms with Crippen molar-refractivity contribution >= 4 is 5.69 Å². The van der Waals surface area contributed by atoms with Gasteiger partial charge in [0.25, 0.3) is 0 Å². The van der Waals surface area contributed by atoms with Crippen LogP contribution in [0.4, 0.5) is 14.5 Å². The number of aromatic nitrogens is 4. The van der Waals surface area contributed by atoms with Gasteiger partial charge < -0.3 is 0 Å². The molecule has 9 heteroatoms. The number of rotatable bonds is 3. The van der Waals surface area contributed by atoms with Gasteiger partial charge in [0.15, 0.2) is 0 Å². The zero-order valence-electron chi connectivity index (χ0n) is 23.8. The zero-order chi connectivity index (χ0) is 30.9. The van der Waals surface area contributed by atoms with Crippen LogP contribution in [0.5, 0.6) is 0 Å². The quantitative estimate of drug-likeness (QED) is 0.143. The molecule has 46 heavy (non-hydrogen) atoms. The number of halogens is 2. The van der Waals surface area contributed by atoms with Gasteiger partial charge in [-0.05, 0) is 54.1 Å². The molecule has 5 heterocycles. The van der Waals surface area contributed by atoms with Crippen molar-refractivity contribution in [2.75, 3.05) is 0 Å². The Bertz CT molecular complexity index is 2030. The summed E-state index contributed by atoms with van der Waals surface area (Å²) >= 11 is 0. The van der Waals surface area contributed by atoms with E-state index in [9.17, 15) is 14.0 Å². The van der Waals surface area contributed by atoms with E-state index in [0.717, 1.165) is 17.8 Å². The standard InChI is InChI=1S/C37H20F2N6.Ru/c1-41-34-20-23(15-17-26(34)39)36-30-9-4-8-28(43-30)35(22-14-16-25(38)24(19-22)21-40)29-10-5-12-32(44-29)37(27-7-2-3-18-42-27)33-13-6-11-31(36)45-33;/h2-13,16-20,35-37H;/q-2;+2. The first-order valence-corrected chi connectivity index (χ1v) is 14.1. The molecule has 2 aromatic carbocycles. The number of hydrogen-bond acceptors (Lipinski definition) is 5.